The van der Waals surface area contributed by atoms with Gasteiger partial charge < -0.3 is 9.92 Å². The largest absolute Gasteiger partial charge is 0.450 e. The third kappa shape index (κ3) is 4.45. The molecular weight excluding hydrogens is 401 g/mol. The van der Waals surface area contributed by atoms with Crippen molar-refractivity contribution in [3.05, 3.63) is 133 Å². The van der Waals surface area contributed by atoms with Gasteiger partial charge in [-0.15, -0.1) is 0 Å². The Hall–Kier alpha value is -4.08. The number of benzene rings is 5. The molecule has 0 aliphatic carbocycles. The number of nitrogens with zero attached hydrogens (tertiary/aromatic N) is 1. The first kappa shape index (κ1) is 20.8. The van der Waals surface area contributed by atoms with Gasteiger partial charge in [-0.3, -0.25) is 0 Å². The van der Waals surface area contributed by atoms with Gasteiger partial charge in [0, 0.05) is 16.9 Å². The van der Waals surface area contributed by atoms with Crippen LogP contribution in [0.5, 0.6) is 0 Å². The molecule has 5 aromatic rings. The van der Waals surface area contributed by atoms with Gasteiger partial charge in [0.15, 0.2) is 0 Å². The predicted octanol–water partition coefficient (Wildman–Crippen LogP) is 6.73. The second-order valence-corrected chi connectivity index (χ2v) is 7.86. The molecule has 157 valence electrons. The Kier molecular flexibility index (Phi) is 6.05. The summed E-state index contributed by atoms with van der Waals surface area (Å²) >= 11 is 0. The van der Waals surface area contributed by atoms with Crippen LogP contribution >= 0.6 is 0 Å². The molecule has 0 unspecified atom stereocenters. The molecule has 0 fully saturated rings. The first-order chi connectivity index (χ1) is 16.3. The fraction of sp³-hybridized carbons (Fsp3) is 0. The highest BCUT2D eigenvalue weighted by molar-refractivity contribution is 6.45. The topological polar surface area (TPSA) is 23.5 Å². The molecule has 0 heterocycles. The maximum Gasteiger partial charge on any atom is 0.326 e. The van der Waals surface area contributed by atoms with Gasteiger partial charge in [0.05, 0.1) is 5.69 Å². The lowest BCUT2D eigenvalue weighted by molar-refractivity contribution is 0.615. The Morgan fingerprint density at radius 3 is 1.79 bits per heavy atom. The van der Waals surface area contributed by atoms with Gasteiger partial charge in [-0.05, 0) is 47.0 Å². The van der Waals surface area contributed by atoms with Gasteiger partial charge >= 0.3 is 7.48 Å². The van der Waals surface area contributed by atoms with Gasteiger partial charge in [0.25, 0.3) is 0 Å². The highest BCUT2D eigenvalue weighted by Crippen LogP contribution is 2.40. The molecule has 1 radical (unpaired) electrons. The third-order valence-corrected chi connectivity index (χ3v) is 5.74. The highest BCUT2D eigenvalue weighted by atomic mass is 16.2. The van der Waals surface area contributed by atoms with Crippen LogP contribution in [0.4, 0.5) is 17.1 Å². The molecule has 5 aromatic carbocycles. The summed E-state index contributed by atoms with van der Waals surface area (Å²) in [4.78, 5) is 2.24. The van der Waals surface area contributed by atoms with Crippen LogP contribution in [0.2, 0.25) is 0 Å². The van der Waals surface area contributed by atoms with E-state index in [4.69, 9.17) is 0 Å². The SMILES string of the molecule is O[B]c1cccc(N(c2ccc(-c3ccccc3)cc2)c2ccccc2-c2ccccc2)c1. The molecule has 3 heteroatoms. The summed E-state index contributed by atoms with van der Waals surface area (Å²) in [7, 11) is 1.14. The molecule has 0 aromatic heterocycles. The Bertz CT molecular complexity index is 1340. The van der Waals surface area contributed by atoms with Crippen molar-refractivity contribution in [1.29, 1.82) is 0 Å². The molecule has 0 saturated carbocycles. The average molecular weight is 424 g/mol. The standard InChI is InChI=1S/C30H23BNO/c33-31-26-14-9-15-28(22-26)32(27-20-18-24(19-21-27)23-10-3-1-4-11-23)30-17-8-7-16-29(30)25-12-5-2-6-13-25/h1-22,33H. The highest BCUT2D eigenvalue weighted by Gasteiger charge is 2.17. The van der Waals surface area contributed by atoms with E-state index >= 15 is 0 Å². The molecular formula is C30H23BNO. The quantitative estimate of drug-likeness (QED) is 0.306. The minimum absolute atomic E-state index is 0.760. The molecule has 0 amide bonds. The molecule has 2 nitrogen and oxygen atoms in total. The van der Waals surface area contributed by atoms with Gasteiger partial charge in [-0.2, -0.15) is 0 Å². The van der Waals surface area contributed by atoms with Crippen LogP contribution in [-0.2, 0) is 0 Å². The summed E-state index contributed by atoms with van der Waals surface area (Å²) in [5.74, 6) is 0. The second kappa shape index (κ2) is 9.60. The first-order valence-corrected chi connectivity index (χ1v) is 11.0. The van der Waals surface area contributed by atoms with Crippen LogP contribution in [0.3, 0.4) is 0 Å². The zero-order chi connectivity index (χ0) is 22.5. The normalized spacial score (nSPS) is 10.6. The van der Waals surface area contributed by atoms with Crippen molar-refractivity contribution in [2.24, 2.45) is 0 Å². The number of hydrogen-bond donors (Lipinski definition) is 1. The van der Waals surface area contributed by atoms with Gasteiger partial charge in [-0.1, -0.05) is 109 Å². The Labute approximate surface area is 195 Å². The van der Waals surface area contributed by atoms with Gasteiger partial charge in [0.1, 0.15) is 0 Å². The molecule has 0 aliphatic rings. The molecule has 5 rings (SSSR count). The van der Waals surface area contributed by atoms with Crippen molar-refractivity contribution >= 4 is 30.0 Å². The van der Waals surface area contributed by atoms with Crippen molar-refractivity contribution in [1.82, 2.24) is 0 Å². The molecule has 0 saturated heterocycles. The lowest BCUT2D eigenvalue weighted by atomic mass is 9.88. The van der Waals surface area contributed by atoms with Crippen molar-refractivity contribution in [2.75, 3.05) is 4.90 Å². The summed E-state index contributed by atoms with van der Waals surface area (Å²) in [5, 5.41) is 9.64. The smallest absolute Gasteiger partial charge is 0.326 e. The summed E-state index contributed by atoms with van der Waals surface area (Å²) in [6.45, 7) is 0. The van der Waals surface area contributed by atoms with Crippen molar-refractivity contribution in [3.8, 4) is 22.3 Å². The van der Waals surface area contributed by atoms with Crippen LogP contribution in [0.15, 0.2) is 133 Å². The van der Waals surface area contributed by atoms with E-state index in [0.717, 1.165) is 41.1 Å². The van der Waals surface area contributed by atoms with Crippen LogP contribution in [-0.4, -0.2) is 12.5 Å². The van der Waals surface area contributed by atoms with E-state index in [2.05, 4.69) is 108 Å². The van der Waals surface area contributed by atoms with E-state index in [1.165, 1.54) is 11.1 Å². The summed E-state index contributed by atoms with van der Waals surface area (Å²) < 4.78 is 0. The van der Waals surface area contributed by atoms with Gasteiger partial charge in [-0.25, -0.2) is 0 Å². The Morgan fingerprint density at radius 2 is 1.09 bits per heavy atom. The van der Waals surface area contributed by atoms with Crippen molar-refractivity contribution < 1.29 is 5.02 Å². The third-order valence-electron chi connectivity index (χ3n) is 5.74. The van der Waals surface area contributed by atoms with E-state index in [9.17, 15) is 5.02 Å². The predicted molar refractivity (Wildman–Crippen MR) is 140 cm³/mol. The van der Waals surface area contributed by atoms with Crippen LogP contribution < -0.4 is 10.4 Å². The Balaban J connectivity index is 1.66. The van der Waals surface area contributed by atoms with Crippen molar-refractivity contribution in [2.45, 2.75) is 0 Å². The maximum absolute atomic E-state index is 9.64. The van der Waals surface area contributed by atoms with Crippen LogP contribution in [0, 0.1) is 0 Å². The van der Waals surface area contributed by atoms with E-state index in [1.807, 2.05) is 30.3 Å². The summed E-state index contributed by atoms with van der Waals surface area (Å²) in [5.41, 5.74) is 8.53. The Morgan fingerprint density at radius 1 is 0.485 bits per heavy atom. The summed E-state index contributed by atoms with van der Waals surface area (Å²) in [6.07, 6.45) is 0. The average Bonchev–Trinajstić information content (AvgIpc) is 2.91. The lowest BCUT2D eigenvalue weighted by Crippen LogP contribution is -2.17. The van der Waals surface area contributed by atoms with E-state index < -0.39 is 0 Å². The fourth-order valence-electron chi connectivity index (χ4n) is 4.14. The molecule has 0 spiro atoms. The minimum atomic E-state index is 0.760. The van der Waals surface area contributed by atoms with E-state index in [-0.39, 0.29) is 0 Å². The van der Waals surface area contributed by atoms with Crippen LogP contribution in [0.1, 0.15) is 0 Å². The number of rotatable bonds is 6. The van der Waals surface area contributed by atoms with E-state index in [0.29, 0.717) is 0 Å². The number of anilines is 3. The lowest BCUT2D eigenvalue weighted by Gasteiger charge is -2.28. The minimum Gasteiger partial charge on any atom is -0.450 e. The zero-order valence-corrected chi connectivity index (χ0v) is 18.2. The molecule has 0 aliphatic heterocycles. The number of para-hydroxylation sites is 1. The fourth-order valence-corrected chi connectivity index (χ4v) is 4.14. The van der Waals surface area contributed by atoms with Gasteiger partial charge in [0.2, 0.25) is 0 Å². The zero-order valence-electron chi connectivity index (χ0n) is 18.2. The van der Waals surface area contributed by atoms with Crippen LogP contribution in [0.25, 0.3) is 22.3 Å². The maximum atomic E-state index is 9.64. The number of hydrogen-bond acceptors (Lipinski definition) is 2. The van der Waals surface area contributed by atoms with Crippen molar-refractivity contribution in [3.63, 3.8) is 0 Å². The second-order valence-electron chi connectivity index (χ2n) is 7.86. The molecule has 0 atom stereocenters. The van der Waals surface area contributed by atoms with E-state index in [1.54, 1.807) is 0 Å². The monoisotopic (exact) mass is 424 g/mol. The summed E-state index contributed by atoms with van der Waals surface area (Å²) in [6, 6.07) is 45.8. The molecule has 0 bridgehead atoms. The first-order valence-electron chi connectivity index (χ1n) is 11.0. The molecule has 33 heavy (non-hydrogen) atoms. The molecule has 1 N–H and O–H groups in total.